The van der Waals surface area contributed by atoms with Crippen LogP contribution in [0.2, 0.25) is 10.0 Å². The Morgan fingerprint density at radius 1 is 1.08 bits per heavy atom. The van der Waals surface area contributed by atoms with Gasteiger partial charge in [0, 0.05) is 54.7 Å². The van der Waals surface area contributed by atoms with Crippen LogP contribution in [0, 0.1) is 11.2 Å². The van der Waals surface area contributed by atoms with Gasteiger partial charge in [-0.2, -0.15) is 13.2 Å². The molecule has 2 saturated heterocycles. The van der Waals surface area contributed by atoms with E-state index >= 15 is 0 Å². The number of nitrogens with zero attached hydrogens (tertiary/aromatic N) is 1. The molecule has 5 nitrogen and oxygen atoms in total. The van der Waals surface area contributed by atoms with E-state index in [0.717, 1.165) is 29.7 Å². The molecule has 0 aromatic heterocycles. The molecule has 36 heavy (non-hydrogen) atoms. The molecule has 0 aliphatic carbocycles. The number of ether oxygens (including phenoxy) is 1. The molecule has 0 unspecified atom stereocenters. The van der Waals surface area contributed by atoms with Crippen LogP contribution in [0.4, 0.5) is 17.6 Å². The first-order chi connectivity index (χ1) is 16.9. The third-order valence-electron chi connectivity index (χ3n) is 7.35. The number of rotatable bonds is 4. The highest BCUT2D eigenvalue weighted by Crippen LogP contribution is 2.50. The molecule has 1 N–H and O–H groups in total. The summed E-state index contributed by atoms with van der Waals surface area (Å²) in [5.74, 6) is -2.00. The van der Waals surface area contributed by atoms with E-state index < -0.39 is 34.5 Å². The zero-order valence-corrected chi connectivity index (χ0v) is 20.8. The predicted molar refractivity (Wildman–Crippen MR) is 126 cm³/mol. The van der Waals surface area contributed by atoms with Gasteiger partial charge in [0.1, 0.15) is 5.82 Å². The lowest BCUT2D eigenvalue weighted by molar-refractivity contribution is -0.271. The summed E-state index contributed by atoms with van der Waals surface area (Å²) in [6, 6.07) is 9.28. The summed E-state index contributed by atoms with van der Waals surface area (Å²) in [5, 5.41) is 2.70. The van der Waals surface area contributed by atoms with Crippen molar-refractivity contribution in [1.29, 1.82) is 0 Å². The van der Waals surface area contributed by atoms with E-state index in [1.165, 1.54) is 18.2 Å². The van der Waals surface area contributed by atoms with Crippen molar-refractivity contribution < 1.29 is 31.9 Å². The Kier molecular flexibility index (Phi) is 7.29. The van der Waals surface area contributed by atoms with E-state index in [-0.39, 0.29) is 41.4 Å². The molecule has 0 saturated carbocycles. The van der Waals surface area contributed by atoms with Gasteiger partial charge in [-0.1, -0.05) is 35.3 Å². The number of amides is 2. The van der Waals surface area contributed by atoms with Crippen LogP contribution in [0.1, 0.15) is 36.3 Å². The Balaban J connectivity index is 1.64. The van der Waals surface area contributed by atoms with Gasteiger partial charge in [0.25, 0.3) is 11.5 Å². The molecule has 0 bridgehead atoms. The minimum atomic E-state index is -5.11. The Hall–Kier alpha value is -2.36. The molecule has 4 rings (SSSR count). The molecule has 2 aromatic carbocycles. The number of alkyl halides is 3. The van der Waals surface area contributed by atoms with Gasteiger partial charge in [-0.05, 0) is 54.2 Å². The monoisotopic (exact) mass is 546 g/mol. The standard InChI is InChI=1S/C25H24Cl2F4N2O3/c1-36-24(25(29,30)31,16-10-17(26)12-18(27)11-16)22(35)33-8-6-23(7-9-33)13-21(34)32-14-20(23)15-2-4-19(28)5-3-15/h2-5,10-12,20H,6-9,13-14H2,1H3,(H,32,34)/t20-,24-/m0/s1. The quantitative estimate of drug-likeness (QED) is 0.519. The summed E-state index contributed by atoms with van der Waals surface area (Å²) in [6.07, 6.45) is -4.36. The van der Waals surface area contributed by atoms with Gasteiger partial charge in [-0.15, -0.1) is 0 Å². The third kappa shape index (κ3) is 4.68. The molecule has 2 aromatic rings. The molecular weight excluding hydrogens is 523 g/mol. The van der Waals surface area contributed by atoms with Gasteiger partial charge in [-0.25, -0.2) is 4.39 Å². The highest BCUT2D eigenvalue weighted by Gasteiger charge is 2.64. The fourth-order valence-electron chi connectivity index (χ4n) is 5.49. The average Bonchev–Trinajstić information content (AvgIpc) is 2.80. The zero-order valence-electron chi connectivity index (χ0n) is 19.3. The second kappa shape index (κ2) is 9.84. The number of methoxy groups -OCH3 is 1. The Labute approximate surface area is 215 Å². The average molecular weight is 547 g/mol. The lowest BCUT2D eigenvalue weighted by Gasteiger charge is -2.50. The minimum Gasteiger partial charge on any atom is -0.356 e. The van der Waals surface area contributed by atoms with E-state index in [4.69, 9.17) is 27.9 Å². The van der Waals surface area contributed by atoms with Crippen LogP contribution < -0.4 is 5.32 Å². The van der Waals surface area contributed by atoms with Gasteiger partial charge >= 0.3 is 6.18 Å². The highest BCUT2D eigenvalue weighted by molar-refractivity contribution is 6.34. The molecule has 194 valence electrons. The first-order valence-corrected chi connectivity index (χ1v) is 12.1. The van der Waals surface area contributed by atoms with Gasteiger partial charge in [0.2, 0.25) is 5.91 Å². The Morgan fingerprint density at radius 2 is 1.67 bits per heavy atom. The molecular formula is C25H24Cl2F4N2O3. The van der Waals surface area contributed by atoms with Crippen molar-refractivity contribution in [3.8, 4) is 0 Å². The minimum absolute atomic E-state index is 0.0146. The number of halogens is 6. The van der Waals surface area contributed by atoms with Crippen molar-refractivity contribution >= 4 is 35.0 Å². The number of likely N-dealkylation sites (tertiary alicyclic amines) is 1. The van der Waals surface area contributed by atoms with Crippen LogP contribution in [-0.2, 0) is 19.9 Å². The molecule has 2 amide bonds. The maximum Gasteiger partial charge on any atom is 0.430 e. The molecule has 0 radical (unpaired) electrons. The normalized spacial score (nSPS) is 21.7. The summed E-state index contributed by atoms with van der Waals surface area (Å²) in [7, 11) is 0.821. The topological polar surface area (TPSA) is 58.6 Å². The Morgan fingerprint density at radius 3 is 2.19 bits per heavy atom. The van der Waals surface area contributed by atoms with E-state index in [9.17, 15) is 27.2 Å². The fourth-order valence-corrected chi connectivity index (χ4v) is 6.02. The number of hydrogen-bond donors (Lipinski definition) is 1. The van der Waals surface area contributed by atoms with Crippen LogP contribution >= 0.6 is 23.2 Å². The number of benzene rings is 2. The molecule has 11 heteroatoms. The number of hydrogen-bond acceptors (Lipinski definition) is 3. The summed E-state index contributed by atoms with van der Waals surface area (Å²) < 4.78 is 61.9. The number of carbonyl (C=O) groups excluding carboxylic acids is 2. The summed E-state index contributed by atoms with van der Waals surface area (Å²) in [5.41, 5.74) is -3.57. The second-order valence-electron chi connectivity index (χ2n) is 9.28. The molecule has 2 heterocycles. The second-order valence-corrected chi connectivity index (χ2v) is 10.2. The van der Waals surface area contributed by atoms with E-state index in [0.29, 0.717) is 19.4 Å². The number of carbonyl (C=O) groups is 2. The van der Waals surface area contributed by atoms with Gasteiger partial charge in [0.05, 0.1) is 0 Å². The van der Waals surface area contributed by atoms with Crippen molar-refractivity contribution in [3.63, 3.8) is 0 Å². The lowest BCUT2D eigenvalue weighted by Crippen LogP contribution is -2.60. The van der Waals surface area contributed by atoms with Crippen LogP contribution in [0.3, 0.4) is 0 Å². The predicted octanol–water partition coefficient (Wildman–Crippen LogP) is 5.45. The third-order valence-corrected chi connectivity index (χ3v) is 7.79. The smallest absolute Gasteiger partial charge is 0.356 e. The van der Waals surface area contributed by atoms with Crippen LogP contribution in [0.15, 0.2) is 42.5 Å². The van der Waals surface area contributed by atoms with E-state index in [1.54, 1.807) is 12.1 Å². The highest BCUT2D eigenvalue weighted by atomic mass is 35.5. The largest absolute Gasteiger partial charge is 0.430 e. The maximum atomic E-state index is 14.5. The summed E-state index contributed by atoms with van der Waals surface area (Å²) in [6.45, 7) is 0.294. The number of nitrogens with one attached hydrogen (secondary N) is 1. The first-order valence-electron chi connectivity index (χ1n) is 11.3. The molecule has 2 atom stereocenters. The van der Waals surface area contributed by atoms with Crippen molar-refractivity contribution in [2.24, 2.45) is 5.41 Å². The van der Waals surface area contributed by atoms with Crippen molar-refractivity contribution in [1.82, 2.24) is 10.2 Å². The van der Waals surface area contributed by atoms with Crippen molar-refractivity contribution in [2.75, 3.05) is 26.7 Å². The molecule has 1 spiro atoms. The van der Waals surface area contributed by atoms with Gasteiger partial charge in [0.15, 0.2) is 0 Å². The van der Waals surface area contributed by atoms with Crippen LogP contribution in [0.5, 0.6) is 0 Å². The van der Waals surface area contributed by atoms with Crippen LogP contribution in [0.25, 0.3) is 0 Å². The van der Waals surface area contributed by atoms with Crippen molar-refractivity contribution in [3.05, 3.63) is 69.5 Å². The lowest BCUT2D eigenvalue weighted by atomic mass is 9.62. The first kappa shape index (κ1) is 26.7. The van der Waals surface area contributed by atoms with Gasteiger partial charge < -0.3 is 15.0 Å². The molecule has 2 aliphatic rings. The SMILES string of the molecule is CO[C@](C(=O)N1CCC2(CC1)CC(=O)NC[C@H]2c1ccc(F)cc1)(c1cc(Cl)cc(Cl)c1)C(F)(F)F. The summed E-state index contributed by atoms with van der Waals surface area (Å²) in [4.78, 5) is 27.0. The number of piperidine rings is 2. The molecule has 2 fully saturated rings. The van der Waals surface area contributed by atoms with Crippen LogP contribution in [-0.4, -0.2) is 49.6 Å². The maximum absolute atomic E-state index is 14.5. The van der Waals surface area contributed by atoms with E-state index in [2.05, 4.69) is 5.32 Å². The molecule has 2 aliphatic heterocycles. The van der Waals surface area contributed by atoms with Gasteiger partial charge in [-0.3, -0.25) is 9.59 Å². The Bertz CT molecular complexity index is 1130. The van der Waals surface area contributed by atoms with E-state index in [1.807, 2.05) is 0 Å². The summed E-state index contributed by atoms with van der Waals surface area (Å²) >= 11 is 11.9. The fraction of sp³-hybridized carbons (Fsp3) is 0.440. The van der Waals surface area contributed by atoms with Crippen molar-refractivity contribution in [2.45, 2.75) is 37.0 Å². The zero-order chi connectivity index (χ0) is 26.3.